The van der Waals surface area contributed by atoms with Gasteiger partial charge in [-0.15, -0.1) is 0 Å². The number of pyridine rings is 1. The lowest BCUT2D eigenvalue weighted by atomic mass is 10.1. The molecule has 1 saturated heterocycles. The highest BCUT2D eigenvalue weighted by molar-refractivity contribution is 6.04. The molecule has 2 N–H and O–H groups in total. The average molecular weight is 461 g/mol. The number of hydrogen-bond acceptors (Lipinski definition) is 7. The maximum atomic E-state index is 12.9. The summed E-state index contributed by atoms with van der Waals surface area (Å²) in [7, 11) is 0. The second kappa shape index (κ2) is 9.32. The van der Waals surface area contributed by atoms with Crippen LogP contribution in [-0.2, 0) is 11.3 Å². The number of anilines is 1. The maximum absolute atomic E-state index is 12.9. The molecule has 3 aromatic heterocycles. The number of rotatable bonds is 5. The van der Waals surface area contributed by atoms with Crippen LogP contribution < -0.4 is 10.6 Å². The molecule has 4 heterocycles. The van der Waals surface area contributed by atoms with E-state index in [1.165, 1.54) is 0 Å². The minimum atomic E-state index is -0.279. The number of nitrogens with one attached hydrogen (secondary N) is 2. The number of fused-ring (bicyclic) bond motifs is 1. The van der Waals surface area contributed by atoms with Crippen molar-refractivity contribution in [3.8, 4) is 11.4 Å². The Labute approximate surface area is 194 Å². The fraction of sp³-hybridized carbons (Fsp3) is 0.261. The fourth-order valence-electron chi connectivity index (χ4n) is 3.66. The summed E-state index contributed by atoms with van der Waals surface area (Å²) in [5.74, 6) is 0.369. The molecule has 1 aromatic carbocycles. The van der Waals surface area contributed by atoms with Crippen LogP contribution >= 0.6 is 0 Å². The third kappa shape index (κ3) is 4.46. The Morgan fingerprint density at radius 1 is 1.15 bits per heavy atom. The molecule has 3 amide bonds. The molecule has 11 nitrogen and oxygen atoms in total. The standard InChI is InChI=1S/C23H23N7O4/c1-15-5-6-16(12-17(15)26-22(31)18-13-24-19-4-2-3-7-30(18)19)21-27-20(34-28-21)14-25-23(32)29-8-10-33-11-9-29/h2-7,12-13H,8-11,14H2,1H3,(H,25,32)(H,26,31). The van der Waals surface area contributed by atoms with Gasteiger partial charge < -0.3 is 24.8 Å². The summed E-state index contributed by atoms with van der Waals surface area (Å²) >= 11 is 0. The Bertz CT molecular complexity index is 1340. The van der Waals surface area contributed by atoms with Gasteiger partial charge in [0.1, 0.15) is 11.3 Å². The lowest BCUT2D eigenvalue weighted by Gasteiger charge is -2.26. The van der Waals surface area contributed by atoms with Gasteiger partial charge in [0, 0.05) is 30.5 Å². The summed E-state index contributed by atoms with van der Waals surface area (Å²) in [4.78, 5) is 35.5. The predicted molar refractivity (Wildman–Crippen MR) is 122 cm³/mol. The molecule has 0 unspecified atom stereocenters. The first-order valence-electron chi connectivity index (χ1n) is 10.9. The monoisotopic (exact) mass is 461 g/mol. The number of nitrogens with zero attached hydrogens (tertiary/aromatic N) is 5. The van der Waals surface area contributed by atoms with Gasteiger partial charge >= 0.3 is 6.03 Å². The van der Waals surface area contributed by atoms with E-state index in [0.29, 0.717) is 54.7 Å². The normalized spacial score (nSPS) is 13.7. The van der Waals surface area contributed by atoms with Crippen LogP contribution in [0.5, 0.6) is 0 Å². The molecule has 0 aliphatic carbocycles. The van der Waals surface area contributed by atoms with Crippen molar-refractivity contribution in [3.63, 3.8) is 0 Å². The number of aryl methyl sites for hydroxylation is 1. The number of benzene rings is 1. The van der Waals surface area contributed by atoms with E-state index in [1.54, 1.807) is 27.8 Å². The van der Waals surface area contributed by atoms with Crippen LogP contribution in [-0.4, -0.2) is 62.7 Å². The Morgan fingerprint density at radius 3 is 2.85 bits per heavy atom. The van der Waals surface area contributed by atoms with Gasteiger partial charge in [-0.05, 0) is 30.7 Å². The third-order valence-corrected chi connectivity index (χ3v) is 5.55. The van der Waals surface area contributed by atoms with Crippen LogP contribution in [0.2, 0.25) is 0 Å². The largest absolute Gasteiger partial charge is 0.378 e. The average Bonchev–Trinajstić information content (AvgIpc) is 3.52. The van der Waals surface area contributed by atoms with E-state index in [4.69, 9.17) is 9.26 Å². The zero-order valence-corrected chi connectivity index (χ0v) is 18.5. The van der Waals surface area contributed by atoms with Gasteiger partial charge in [0.05, 0.1) is 26.0 Å². The van der Waals surface area contributed by atoms with E-state index in [1.807, 2.05) is 37.3 Å². The van der Waals surface area contributed by atoms with E-state index in [-0.39, 0.29) is 24.4 Å². The molecule has 0 bridgehead atoms. The minimum absolute atomic E-state index is 0.118. The number of imidazole rings is 1. The van der Waals surface area contributed by atoms with Gasteiger partial charge in [0.15, 0.2) is 0 Å². The van der Waals surface area contributed by atoms with E-state index in [9.17, 15) is 9.59 Å². The molecular weight excluding hydrogens is 438 g/mol. The molecule has 34 heavy (non-hydrogen) atoms. The van der Waals surface area contributed by atoms with Crippen molar-refractivity contribution in [1.82, 2.24) is 29.7 Å². The molecule has 1 fully saturated rings. The van der Waals surface area contributed by atoms with Crippen molar-refractivity contribution in [1.29, 1.82) is 0 Å². The number of amides is 3. The van der Waals surface area contributed by atoms with E-state index in [2.05, 4.69) is 25.8 Å². The smallest absolute Gasteiger partial charge is 0.317 e. The lowest BCUT2D eigenvalue weighted by Crippen LogP contribution is -2.45. The number of urea groups is 1. The topological polar surface area (TPSA) is 127 Å². The summed E-state index contributed by atoms with van der Waals surface area (Å²) in [6.45, 7) is 4.18. The predicted octanol–water partition coefficient (Wildman–Crippen LogP) is 2.49. The first-order chi connectivity index (χ1) is 16.6. The summed E-state index contributed by atoms with van der Waals surface area (Å²) in [5, 5.41) is 9.74. The van der Waals surface area contributed by atoms with Crippen molar-refractivity contribution < 1.29 is 18.8 Å². The summed E-state index contributed by atoms with van der Waals surface area (Å²) in [6.07, 6.45) is 3.33. The molecule has 0 radical (unpaired) electrons. The van der Waals surface area contributed by atoms with Gasteiger partial charge in [-0.3, -0.25) is 9.20 Å². The van der Waals surface area contributed by atoms with Crippen molar-refractivity contribution in [2.24, 2.45) is 0 Å². The van der Waals surface area contributed by atoms with E-state index < -0.39 is 0 Å². The lowest BCUT2D eigenvalue weighted by molar-refractivity contribution is 0.0529. The Balaban J connectivity index is 1.28. The quantitative estimate of drug-likeness (QED) is 0.467. The summed E-state index contributed by atoms with van der Waals surface area (Å²) < 4.78 is 12.3. The zero-order chi connectivity index (χ0) is 23.5. The molecule has 0 atom stereocenters. The molecule has 1 aliphatic rings. The summed E-state index contributed by atoms with van der Waals surface area (Å²) in [6, 6.07) is 10.8. The van der Waals surface area contributed by atoms with Gasteiger partial charge in [-0.25, -0.2) is 9.78 Å². The number of ether oxygens (including phenoxy) is 1. The van der Waals surface area contributed by atoms with Crippen molar-refractivity contribution in [2.45, 2.75) is 13.5 Å². The summed E-state index contributed by atoms with van der Waals surface area (Å²) in [5.41, 5.74) is 3.30. The van der Waals surface area contributed by atoms with Gasteiger partial charge in [0.25, 0.3) is 5.91 Å². The second-order valence-electron chi connectivity index (χ2n) is 7.83. The van der Waals surface area contributed by atoms with Crippen molar-refractivity contribution in [2.75, 3.05) is 31.6 Å². The number of carbonyl (C=O) groups is 2. The first-order valence-corrected chi connectivity index (χ1v) is 10.9. The molecule has 4 aromatic rings. The van der Waals surface area contributed by atoms with Crippen molar-refractivity contribution >= 4 is 23.3 Å². The zero-order valence-electron chi connectivity index (χ0n) is 18.5. The van der Waals surface area contributed by atoms with Crippen LogP contribution in [0.15, 0.2) is 53.3 Å². The fourth-order valence-corrected chi connectivity index (χ4v) is 3.66. The Morgan fingerprint density at radius 2 is 2.00 bits per heavy atom. The molecule has 174 valence electrons. The van der Waals surface area contributed by atoms with Crippen LogP contribution in [0.25, 0.3) is 17.0 Å². The third-order valence-electron chi connectivity index (χ3n) is 5.55. The molecular formula is C23H23N7O4. The second-order valence-corrected chi connectivity index (χ2v) is 7.83. The highest BCUT2D eigenvalue weighted by atomic mass is 16.5. The van der Waals surface area contributed by atoms with Crippen LogP contribution in [0.3, 0.4) is 0 Å². The van der Waals surface area contributed by atoms with Gasteiger partial charge in [-0.1, -0.05) is 23.4 Å². The van der Waals surface area contributed by atoms with Crippen molar-refractivity contribution in [3.05, 3.63) is 65.9 Å². The Kier molecular flexibility index (Phi) is 5.91. The molecule has 0 saturated carbocycles. The van der Waals surface area contributed by atoms with Gasteiger partial charge in [-0.2, -0.15) is 4.98 Å². The number of morpholine rings is 1. The number of carbonyl (C=O) groups excluding carboxylic acids is 2. The minimum Gasteiger partial charge on any atom is -0.378 e. The Hall–Kier alpha value is -4.25. The SMILES string of the molecule is Cc1ccc(-c2noc(CNC(=O)N3CCOCC3)n2)cc1NC(=O)c1cnc2ccccn12. The van der Waals surface area contributed by atoms with Crippen LogP contribution in [0, 0.1) is 6.92 Å². The van der Waals surface area contributed by atoms with Crippen LogP contribution in [0.4, 0.5) is 10.5 Å². The van der Waals surface area contributed by atoms with Gasteiger partial charge in [0.2, 0.25) is 11.7 Å². The van der Waals surface area contributed by atoms with E-state index >= 15 is 0 Å². The molecule has 1 aliphatic heterocycles. The first kappa shape index (κ1) is 21.6. The number of hydrogen-bond donors (Lipinski definition) is 2. The highest BCUT2D eigenvalue weighted by Gasteiger charge is 2.18. The van der Waals surface area contributed by atoms with E-state index in [0.717, 1.165) is 5.56 Å². The highest BCUT2D eigenvalue weighted by Crippen LogP contribution is 2.24. The number of aromatic nitrogens is 4. The van der Waals surface area contributed by atoms with Crippen LogP contribution in [0.1, 0.15) is 21.9 Å². The molecule has 0 spiro atoms. The maximum Gasteiger partial charge on any atom is 0.317 e. The molecule has 5 rings (SSSR count). The molecule has 11 heteroatoms.